The van der Waals surface area contributed by atoms with E-state index in [1.54, 1.807) is 0 Å². The van der Waals surface area contributed by atoms with E-state index in [0.29, 0.717) is 6.04 Å². The maximum absolute atomic E-state index is 5.88. The predicted molar refractivity (Wildman–Crippen MR) is 80.4 cm³/mol. The van der Waals surface area contributed by atoms with Crippen LogP contribution in [0.2, 0.25) is 5.02 Å². The summed E-state index contributed by atoms with van der Waals surface area (Å²) in [7, 11) is 4.23. The van der Waals surface area contributed by atoms with Crippen molar-refractivity contribution in [2.75, 3.05) is 20.6 Å². The third-order valence-corrected chi connectivity index (χ3v) is 3.80. The van der Waals surface area contributed by atoms with Crippen molar-refractivity contribution in [2.24, 2.45) is 0 Å². The minimum Gasteiger partial charge on any atom is -0.312 e. The van der Waals surface area contributed by atoms with Gasteiger partial charge in [0.2, 0.25) is 0 Å². The number of nitrogens with one attached hydrogen (secondary N) is 1. The fourth-order valence-corrected chi connectivity index (χ4v) is 1.75. The second-order valence-electron chi connectivity index (χ2n) is 5.82. The van der Waals surface area contributed by atoms with Crippen molar-refractivity contribution >= 4 is 11.6 Å². The Morgan fingerprint density at radius 1 is 1.22 bits per heavy atom. The van der Waals surface area contributed by atoms with Gasteiger partial charge in [-0.3, -0.25) is 0 Å². The minimum atomic E-state index is 0.175. The second-order valence-corrected chi connectivity index (χ2v) is 6.26. The molecule has 1 aromatic rings. The average molecular weight is 269 g/mol. The molecule has 2 nitrogen and oxygen atoms in total. The van der Waals surface area contributed by atoms with Crippen molar-refractivity contribution in [3.63, 3.8) is 0 Å². The molecule has 0 fully saturated rings. The van der Waals surface area contributed by atoms with Gasteiger partial charge < -0.3 is 10.2 Å². The van der Waals surface area contributed by atoms with Gasteiger partial charge in [-0.15, -0.1) is 0 Å². The summed E-state index contributed by atoms with van der Waals surface area (Å²) >= 11 is 5.88. The largest absolute Gasteiger partial charge is 0.312 e. The summed E-state index contributed by atoms with van der Waals surface area (Å²) in [6, 6.07) is 8.56. The van der Waals surface area contributed by atoms with Crippen LogP contribution in [0.5, 0.6) is 0 Å². The van der Waals surface area contributed by atoms with Crippen LogP contribution in [-0.4, -0.2) is 37.1 Å². The zero-order valence-electron chi connectivity index (χ0n) is 12.1. The van der Waals surface area contributed by atoms with Crippen molar-refractivity contribution < 1.29 is 0 Å². The molecule has 0 aromatic heterocycles. The third kappa shape index (κ3) is 4.97. The summed E-state index contributed by atoms with van der Waals surface area (Å²) in [5.74, 6) is 0. The number of hydrogen-bond donors (Lipinski definition) is 1. The molecule has 1 unspecified atom stereocenters. The summed E-state index contributed by atoms with van der Waals surface area (Å²) in [4.78, 5) is 2.25. The minimum absolute atomic E-state index is 0.175. The van der Waals surface area contributed by atoms with Gasteiger partial charge in [0.25, 0.3) is 0 Å². The first-order valence-corrected chi connectivity index (χ1v) is 6.84. The molecule has 102 valence electrons. The Kier molecular flexibility index (Phi) is 5.64. The topological polar surface area (TPSA) is 15.3 Å². The zero-order valence-corrected chi connectivity index (χ0v) is 12.9. The van der Waals surface area contributed by atoms with Gasteiger partial charge >= 0.3 is 0 Å². The summed E-state index contributed by atoms with van der Waals surface area (Å²) in [6.45, 7) is 7.69. The average Bonchev–Trinajstić information content (AvgIpc) is 2.29. The Labute approximate surface area is 116 Å². The molecule has 1 N–H and O–H groups in total. The van der Waals surface area contributed by atoms with Gasteiger partial charge in [-0.05, 0) is 59.0 Å². The van der Waals surface area contributed by atoms with Crippen LogP contribution in [0.15, 0.2) is 24.3 Å². The molecule has 3 heteroatoms. The lowest BCUT2D eigenvalue weighted by molar-refractivity contribution is 0.185. The number of halogens is 1. The smallest absolute Gasteiger partial charge is 0.0406 e. The first-order valence-electron chi connectivity index (χ1n) is 6.46. The first-order chi connectivity index (χ1) is 8.31. The lowest BCUT2D eigenvalue weighted by Gasteiger charge is -2.34. The number of nitrogens with zero attached hydrogens (tertiary/aromatic N) is 1. The summed E-state index contributed by atoms with van der Waals surface area (Å²) in [5, 5.41) is 4.39. The van der Waals surface area contributed by atoms with Crippen molar-refractivity contribution in [3.8, 4) is 0 Å². The van der Waals surface area contributed by atoms with Gasteiger partial charge in [-0.1, -0.05) is 23.7 Å². The molecule has 0 aliphatic rings. The Morgan fingerprint density at radius 2 is 1.78 bits per heavy atom. The molecule has 0 saturated carbocycles. The van der Waals surface area contributed by atoms with E-state index in [9.17, 15) is 0 Å². The van der Waals surface area contributed by atoms with E-state index in [1.807, 2.05) is 12.1 Å². The van der Waals surface area contributed by atoms with E-state index in [4.69, 9.17) is 11.6 Å². The number of hydrogen-bond acceptors (Lipinski definition) is 2. The molecular weight excluding hydrogens is 244 g/mol. The lowest BCUT2D eigenvalue weighted by Crippen LogP contribution is -2.49. The molecule has 1 rings (SSSR count). The summed E-state index contributed by atoms with van der Waals surface area (Å²) in [6.07, 6.45) is 1.03. The number of benzene rings is 1. The second kappa shape index (κ2) is 6.55. The van der Waals surface area contributed by atoms with E-state index in [1.165, 1.54) is 5.56 Å². The van der Waals surface area contributed by atoms with Crippen LogP contribution in [0.1, 0.15) is 26.3 Å². The monoisotopic (exact) mass is 268 g/mol. The number of rotatable bonds is 6. The molecule has 1 aromatic carbocycles. The Hall–Kier alpha value is -0.570. The van der Waals surface area contributed by atoms with Crippen molar-refractivity contribution in [1.29, 1.82) is 0 Å². The van der Waals surface area contributed by atoms with Crippen LogP contribution in [0.3, 0.4) is 0 Å². The SMILES string of the molecule is CC(Cc1ccc(Cl)cc1)NCC(C)(C)N(C)C. The first kappa shape index (κ1) is 15.5. The van der Waals surface area contributed by atoms with E-state index in [0.717, 1.165) is 18.0 Å². The van der Waals surface area contributed by atoms with E-state index < -0.39 is 0 Å². The molecule has 0 aliphatic heterocycles. The standard InChI is InChI=1S/C15H25ClN2/c1-12(17-11-15(2,3)18(4)5)10-13-6-8-14(16)9-7-13/h6-9,12,17H,10-11H2,1-5H3. The van der Waals surface area contributed by atoms with Crippen LogP contribution in [-0.2, 0) is 6.42 Å². The molecule has 18 heavy (non-hydrogen) atoms. The number of likely N-dealkylation sites (N-methyl/N-ethyl adjacent to an activating group) is 1. The molecule has 1 atom stereocenters. The van der Waals surface area contributed by atoms with Gasteiger partial charge in [0.15, 0.2) is 0 Å². The van der Waals surface area contributed by atoms with Gasteiger partial charge in [0.05, 0.1) is 0 Å². The quantitative estimate of drug-likeness (QED) is 0.852. The van der Waals surface area contributed by atoms with Crippen LogP contribution >= 0.6 is 11.6 Å². The highest BCUT2D eigenvalue weighted by atomic mass is 35.5. The Balaban J connectivity index is 2.42. The molecule has 0 spiro atoms. The highest BCUT2D eigenvalue weighted by Gasteiger charge is 2.20. The molecule has 0 aliphatic carbocycles. The molecule has 0 amide bonds. The molecule has 0 saturated heterocycles. The Bertz CT molecular complexity index is 357. The predicted octanol–water partition coefficient (Wildman–Crippen LogP) is 3.20. The van der Waals surface area contributed by atoms with Crippen molar-refractivity contribution in [1.82, 2.24) is 10.2 Å². The van der Waals surface area contributed by atoms with Gasteiger partial charge in [0.1, 0.15) is 0 Å². The lowest BCUT2D eigenvalue weighted by atomic mass is 10.0. The van der Waals surface area contributed by atoms with E-state index in [2.05, 4.69) is 57.2 Å². The van der Waals surface area contributed by atoms with Crippen molar-refractivity contribution in [2.45, 2.75) is 38.8 Å². The van der Waals surface area contributed by atoms with Crippen molar-refractivity contribution in [3.05, 3.63) is 34.9 Å². The summed E-state index contributed by atoms with van der Waals surface area (Å²) < 4.78 is 0. The van der Waals surface area contributed by atoms with Crippen LogP contribution in [0.4, 0.5) is 0 Å². The van der Waals surface area contributed by atoms with E-state index in [-0.39, 0.29) is 5.54 Å². The summed E-state index contributed by atoms with van der Waals surface area (Å²) in [5.41, 5.74) is 1.50. The Morgan fingerprint density at radius 3 is 2.28 bits per heavy atom. The maximum Gasteiger partial charge on any atom is 0.0406 e. The van der Waals surface area contributed by atoms with Gasteiger partial charge in [-0.2, -0.15) is 0 Å². The third-order valence-electron chi connectivity index (χ3n) is 3.55. The molecule has 0 heterocycles. The normalized spacial score (nSPS) is 13.9. The van der Waals surface area contributed by atoms with Crippen LogP contribution < -0.4 is 5.32 Å². The fourth-order valence-electron chi connectivity index (χ4n) is 1.63. The van der Waals surface area contributed by atoms with E-state index >= 15 is 0 Å². The highest BCUT2D eigenvalue weighted by Crippen LogP contribution is 2.12. The highest BCUT2D eigenvalue weighted by molar-refractivity contribution is 6.30. The maximum atomic E-state index is 5.88. The molecule has 0 bridgehead atoms. The molecular formula is C15H25ClN2. The fraction of sp³-hybridized carbons (Fsp3) is 0.600. The van der Waals surface area contributed by atoms with Gasteiger partial charge in [-0.25, -0.2) is 0 Å². The van der Waals surface area contributed by atoms with Crippen LogP contribution in [0.25, 0.3) is 0 Å². The molecule has 0 radical (unpaired) electrons. The van der Waals surface area contributed by atoms with Gasteiger partial charge in [0, 0.05) is 23.1 Å². The zero-order chi connectivity index (χ0) is 13.8. The van der Waals surface area contributed by atoms with Crippen LogP contribution in [0, 0.1) is 0 Å².